The highest BCUT2D eigenvalue weighted by molar-refractivity contribution is 7.09. The van der Waals surface area contributed by atoms with Crippen LogP contribution in [-0.2, 0) is 11.2 Å². The summed E-state index contributed by atoms with van der Waals surface area (Å²) in [4.78, 5) is 21.4. The zero-order chi connectivity index (χ0) is 16.2. The van der Waals surface area contributed by atoms with Gasteiger partial charge < -0.3 is 9.88 Å². The molecule has 0 saturated carbocycles. The van der Waals surface area contributed by atoms with Gasteiger partial charge in [0, 0.05) is 34.6 Å². The minimum atomic E-state index is 0.0146. The Morgan fingerprint density at radius 1 is 1.26 bits per heavy atom. The van der Waals surface area contributed by atoms with Crippen LogP contribution >= 0.6 is 11.3 Å². The third kappa shape index (κ3) is 3.65. The molecule has 3 aromatic rings. The predicted octanol–water partition coefficient (Wildman–Crippen LogP) is 3.52. The van der Waals surface area contributed by atoms with Gasteiger partial charge >= 0.3 is 0 Å². The summed E-state index contributed by atoms with van der Waals surface area (Å²) >= 11 is 1.57. The maximum atomic E-state index is 12.0. The Morgan fingerprint density at radius 2 is 2.04 bits per heavy atom. The fourth-order valence-corrected chi connectivity index (χ4v) is 2.89. The number of aryl methyl sites for hydroxylation is 2. The minimum absolute atomic E-state index is 0.0146. The molecule has 0 aliphatic heterocycles. The molecule has 2 aromatic heterocycles. The fraction of sp³-hybridized carbons (Fsp3) is 0.235. The Balaban J connectivity index is 1.61. The molecule has 1 amide bonds. The van der Waals surface area contributed by atoms with Crippen molar-refractivity contribution in [2.45, 2.75) is 26.7 Å². The second-order valence-electron chi connectivity index (χ2n) is 5.35. The van der Waals surface area contributed by atoms with Crippen molar-refractivity contribution in [3.8, 4) is 5.69 Å². The van der Waals surface area contributed by atoms with E-state index in [9.17, 15) is 4.79 Å². The second-order valence-corrected chi connectivity index (χ2v) is 6.32. The topological polar surface area (TPSA) is 59.8 Å². The van der Waals surface area contributed by atoms with Gasteiger partial charge in [-0.15, -0.1) is 11.3 Å². The lowest BCUT2D eigenvalue weighted by Crippen LogP contribution is -2.12. The smallest absolute Gasteiger partial charge is 0.224 e. The van der Waals surface area contributed by atoms with Crippen LogP contribution in [-0.4, -0.2) is 20.4 Å². The van der Waals surface area contributed by atoms with Crippen molar-refractivity contribution in [2.24, 2.45) is 0 Å². The molecule has 0 spiro atoms. The van der Waals surface area contributed by atoms with E-state index in [-0.39, 0.29) is 5.91 Å². The van der Waals surface area contributed by atoms with Crippen molar-refractivity contribution in [3.05, 3.63) is 58.6 Å². The summed E-state index contributed by atoms with van der Waals surface area (Å²) in [5.74, 6) is 0.0146. The molecule has 3 rings (SSSR count). The highest BCUT2D eigenvalue weighted by Gasteiger charge is 2.06. The van der Waals surface area contributed by atoms with Crippen LogP contribution in [0.3, 0.4) is 0 Å². The SMILES string of the molecule is Cc1ncn(-c2ccc(NC(=O)CCc3cncs3)cc2)c1C. The van der Waals surface area contributed by atoms with E-state index in [4.69, 9.17) is 0 Å². The Morgan fingerprint density at radius 3 is 2.65 bits per heavy atom. The number of hydrogen-bond donors (Lipinski definition) is 1. The highest BCUT2D eigenvalue weighted by atomic mass is 32.1. The van der Waals surface area contributed by atoms with Crippen molar-refractivity contribution in [1.82, 2.24) is 14.5 Å². The lowest BCUT2D eigenvalue weighted by Gasteiger charge is -2.08. The van der Waals surface area contributed by atoms with Crippen molar-refractivity contribution < 1.29 is 4.79 Å². The van der Waals surface area contributed by atoms with Crippen molar-refractivity contribution >= 4 is 22.9 Å². The molecule has 23 heavy (non-hydrogen) atoms. The van der Waals surface area contributed by atoms with Gasteiger partial charge in [0.2, 0.25) is 5.91 Å². The first-order valence-corrected chi connectivity index (χ1v) is 8.29. The van der Waals surface area contributed by atoms with Crippen LogP contribution in [0, 0.1) is 13.8 Å². The van der Waals surface area contributed by atoms with Crippen molar-refractivity contribution in [2.75, 3.05) is 5.32 Å². The van der Waals surface area contributed by atoms with Gasteiger partial charge in [-0.2, -0.15) is 0 Å². The van der Waals surface area contributed by atoms with Crippen molar-refractivity contribution in [1.29, 1.82) is 0 Å². The molecule has 0 fully saturated rings. The van der Waals surface area contributed by atoms with Gasteiger partial charge in [0.05, 0.1) is 17.5 Å². The van der Waals surface area contributed by atoms with Gasteiger partial charge in [0.25, 0.3) is 0 Å². The van der Waals surface area contributed by atoms with Gasteiger partial charge in [-0.1, -0.05) is 0 Å². The predicted molar refractivity (Wildman–Crippen MR) is 92.1 cm³/mol. The molecule has 1 aromatic carbocycles. The van der Waals surface area contributed by atoms with Crippen molar-refractivity contribution in [3.63, 3.8) is 0 Å². The first kappa shape index (κ1) is 15.4. The number of anilines is 1. The molecular formula is C17H18N4OS. The molecule has 0 aliphatic rings. The van der Waals surface area contributed by atoms with E-state index in [0.29, 0.717) is 6.42 Å². The normalized spacial score (nSPS) is 10.7. The molecular weight excluding hydrogens is 308 g/mol. The fourth-order valence-electron chi connectivity index (χ4n) is 2.29. The largest absolute Gasteiger partial charge is 0.326 e. The number of benzene rings is 1. The van der Waals surface area contributed by atoms with E-state index < -0.39 is 0 Å². The third-order valence-electron chi connectivity index (χ3n) is 3.76. The number of carbonyl (C=O) groups excluding carboxylic acids is 1. The summed E-state index contributed by atoms with van der Waals surface area (Å²) in [6, 6.07) is 7.78. The molecule has 0 unspecified atom stereocenters. The lowest BCUT2D eigenvalue weighted by molar-refractivity contribution is -0.116. The summed E-state index contributed by atoms with van der Waals surface area (Å²) in [6.07, 6.45) is 4.81. The van der Waals surface area contributed by atoms with E-state index in [1.54, 1.807) is 16.8 Å². The maximum absolute atomic E-state index is 12.0. The monoisotopic (exact) mass is 326 g/mol. The molecule has 0 aliphatic carbocycles. The van der Waals surface area contributed by atoms with Gasteiger partial charge in [-0.05, 0) is 44.5 Å². The zero-order valence-electron chi connectivity index (χ0n) is 13.1. The number of nitrogens with one attached hydrogen (secondary N) is 1. The maximum Gasteiger partial charge on any atom is 0.224 e. The van der Waals surface area contributed by atoms with E-state index in [2.05, 4.69) is 15.3 Å². The third-order valence-corrected chi connectivity index (χ3v) is 4.60. The van der Waals surface area contributed by atoms with Crippen LogP contribution in [0.1, 0.15) is 22.7 Å². The van der Waals surface area contributed by atoms with Crippen LogP contribution in [0.5, 0.6) is 0 Å². The molecule has 1 N–H and O–H groups in total. The molecule has 0 saturated heterocycles. The molecule has 2 heterocycles. The highest BCUT2D eigenvalue weighted by Crippen LogP contribution is 2.17. The molecule has 0 radical (unpaired) electrons. The summed E-state index contributed by atoms with van der Waals surface area (Å²) in [5.41, 5.74) is 5.76. The Hall–Kier alpha value is -2.47. The van der Waals surface area contributed by atoms with Crippen LogP contribution in [0.2, 0.25) is 0 Å². The number of thiazole rings is 1. The molecule has 6 heteroatoms. The van der Waals surface area contributed by atoms with E-state index >= 15 is 0 Å². The van der Waals surface area contributed by atoms with Crippen LogP contribution in [0.15, 0.2) is 42.3 Å². The minimum Gasteiger partial charge on any atom is -0.326 e. The van der Waals surface area contributed by atoms with Gasteiger partial charge in [-0.3, -0.25) is 9.78 Å². The summed E-state index contributed by atoms with van der Waals surface area (Å²) in [6.45, 7) is 4.03. The lowest BCUT2D eigenvalue weighted by atomic mass is 10.2. The van der Waals surface area contributed by atoms with Crippen LogP contribution in [0.4, 0.5) is 5.69 Å². The summed E-state index contributed by atoms with van der Waals surface area (Å²) in [5, 5.41) is 2.92. The molecule has 0 atom stereocenters. The average Bonchev–Trinajstić information content (AvgIpc) is 3.18. The molecule has 118 valence electrons. The van der Waals surface area contributed by atoms with Gasteiger partial charge in [0.15, 0.2) is 0 Å². The van der Waals surface area contributed by atoms with Gasteiger partial charge in [0.1, 0.15) is 0 Å². The van der Waals surface area contributed by atoms with Gasteiger partial charge in [-0.25, -0.2) is 4.98 Å². The Labute approximate surface area is 139 Å². The van der Waals surface area contributed by atoms with E-state index in [1.165, 1.54) is 0 Å². The van der Waals surface area contributed by atoms with Crippen LogP contribution in [0.25, 0.3) is 5.69 Å². The number of nitrogens with zero attached hydrogens (tertiary/aromatic N) is 3. The first-order valence-electron chi connectivity index (χ1n) is 7.41. The Kier molecular flexibility index (Phi) is 4.52. The number of rotatable bonds is 5. The van der Waals surface area contributed by atoms with Crippen LogP contribution < -0.4 is 5.32 Å². The standard InChI is InChI=1S/C17H18N4OS/c1-12-13(2)21(10-19-12)15-5-3-14(4-6-15)20-17(22)8-7-16-9-18-11-23-16/h3-6,9-11H,7-8H2,1-2H3,(H,20,22). The number of carbonyl (C=O) groups is 1. The van der Waals surface area contributed by atoms with E-state index in [0.717, 1.165) is 34.1 Å². The molecule has 5 nitrogen and oxygen atoms in total. The summed E-state index contributed by atoms with van der Waals surface area (Å²) in [7, 11) is 0. The number of imidazole rings is 1. The number of aromatic nitrogens is 3. The summed E-state index contributed by atoms with van der Waals surface area (Å²) < 4.78 is 2.03. The average molecular weight is 326 g/mol. The number of amides is 1. The Bertz CT molecular complexity index is 791. The quantitative estimate of drug-likeness (QED) is 0.780. The first-order chi connectivity index (χ1) is 11.1. The molecule has 0 bridgehead atoms. The second kappa shape index (κ2) is 6.75. The number of hydrogen-bond acceptors (Lipinski definition) is 4. The van der Waals surface area contributed by atoms with E-state index in [1.807, 2.05) is 55.2 Å². The zero-order valence-corrected chi connectivity index (χ0v) is 13.9.